The summed E-state index contributed by atoms with van der Waals surface area (Å²) in [5.74, 6) is 0.124. The predicted molar refractivity (Wildman–Crippen MR) is 89.9 cm³/mol. The fourth-order valence-electron chi connectivity index (χ4n) is 3.25. The summed E-state index contributed by atoms with van der Waals surface area (Å²) in [6, 6.07) is 10.4. The van der Waals surface area contributed by atoms with Crippen molar-refractivity contribution in [3.63, 3.8) is 0 Å². The van der Waals surface area contributed by atoms with Crippen molar-refractivity contribution >= 4 is 5.91 Å². The highest BCUT2D eigenvalue weighted by atomic mass is 16.2. The minimum absolute atomic E-state index is 0.0196. The molecule has 23 heavy (non-hydrogen) atoms. The summed E-state index contributed by atoms with van der Waals surface area (Å²) in [5.41, 5.74) is 2.41. The van der Waals surface area contributed by atoms with Gasteiger partial charge in [0.25, 0.3) is 0 Å². The Morgan fingerprint density at radius 1 is 1.26 bits per heavy atom. The number of hydrogen-bond acceptors (Lipinski definition) is 3. The lowest BCUT2D eigenvalue weighted by molar-refractivity contribution is -0.127. The standard InChI is InChI=1S/C18H24N4O/c1-19-18(23)17-9-5-6-10-21(17)13-16-11-20-14-22(16)12-15-7-3-2-4-8-15/h2-4,7-8,11,14,17H,5-6,9-10,12-13H2,1H3,(H,19,23)/t17-/m0/s1. The van der Waals surface area contributed by atoms with E-state index in [2.05, 4.69) is 44.0 Å². The molecule has 2 aromatic rings. The molecule has 1 aliphatic rings. The Hall–Kier alpha value is -2.14. The van der Waals surface area contributed by atoms with Crippen LogP contribution >= 0.6 is 0 Å². The van der Waals surface area contributed by atoms with Gasteiger partial charge in [0.15, 0.2) is 0 Å². The number of nitrogens with one attached hydrogen (secondary N) is 1. The second-order valence-corrected chi connectivity index (χ2v) is 6.09. The number of piperidine rings is 1. The maximum Gasteiger partial charge on any atom is 0.237 e. The summed E-state index contributed by atoms with van der Waals surface area (Å²) in [6.07, 6.45) is 7.00. The molecular formula is C18H24N4O. The molecule has 122 valence electrons. The van der Waals surface area contributed by atoms with Gasteiger partial charge in [0.1, 0.15) is 0 Å². The maximum atomic E-state index is 12.1. The molecule has 0 aliphatic carbocycles. The van der Waals surface area contributed by atoms with Gasteiger partial charge in [-0.15, -0.1) is 0 Å². The fraction of sp³-hybridized carbons (Fsp3) is 0.444. The van der Waals surface area contributed by atoms with Crippen molar-refractivity contribution in [2.24, 2.45) is 0 Å². The molecule has 5 nitrogen and oxygen atoms in total. The number of carbonyl (C=O) groups excluding carboxylic acids is 1. The first-order valence-electron chi connectivity index (χ1n) is 8.26. The van der Waals surface area contributed by atoms with E-state index in [0.29, 0.717) is 0 Å². The Kier molecular flexibility index (Phi) is 5.08. The molecule has 5 heteroatoms. The maximum absolute atomic E-state index is 12.1. The van der Waals surface area contributed by atoms with Crippen LogP contribution in [0, 0.1) is 0 Å². The molecule has 1 amide bonds. The third-order valence-electron chi connectivity index (χ3n) is 4.52. The van der Waals surface area contributed by atoms with Crippen LogP contribution in [0.15, 0.2) is 42.9 Å². The fourth-order valence-corrected chi connectivity index (χ4v) is 3.25. The summed E-state index contributed by atoms with van der Waals surface area (Å²) in [6.45, 7) is 2.55. The quantitative estimate of drug-likeness (QED) is 0.919. The van der Waals surface area contributed by atoms with E-state index >= 15 is 0 Å². The van der Waals surface area contributed by atoms with Gasteiger partial charge in [0.05, 0.1) is 18.1 Å². The van der Waals surface area contributed by atoms with E-state index in [1.165, 1.54) is 5.56 Å². The topological polar surface area (TPSA) is 50.2 Å². The van der Waals surface area contributed by atoms with Crippen molar-refractivity contribution in [1.29, 1.82) is 0 Å². The summed E-state index contributed by atoms with van der Waals surface area (Å²) >= 11 is 0. The number of amides is 1. The Bertz CT molecular complexity index is 637. The van der Waals surface area contributed by atoms with E-state index in [9.17, 15) is 4.79 Å². The largest absolute Gasteiger partial charge is 0.358 e. The Morgan fingerprint density at radius 2 is 2.09 bits per heavy atom. The average molecular weight is 312 g/mol. The highest BCUT2D eigenvalue weighted by Gasteiger charge is 2.28. The zero-order valence-electron chi connectivity index (χ0n) is 13.6. The van der Waals surface area contributed by atoms with Crippen LogP contribution in [0.5, 0.6) is 0 Å². The molecule has 1 fully saturated rings. The average Bonchev–Trinajstić information content (AvgIpc) is 3.02. The Labute approximate surface area is 137 Å². The van der Waals surface area contributed by atoms with Crippen LogP contribution in [-0.4, -0.2) is 40.0 Å². The number of likely N-dealkylation sites (tertiary alicyclic amines) is 1. The summed E-state index contributed by atoms with van der Waals surface area (Å²) in [5, 5.41) is 2.80. The summed E-state index contributed by atoms with van der Waals surface area (Å²) in [4.78, 5) is 18.7. The minimum atomic E-state index is -0.0196. The molecule has 1 saturated heterocycles. The normalized spacial score (nSPS) is 18.7. The van der Waals surface area contributed by atoms with Gasteiger partial charge in [0, 0.05) is 26.3 Å². The summed E-state index contributed by atoms with van der Waals surface area (Å²) < 4.78 is 2.17. The first kappa shape index (κ1) is 15.7. The van der Waals surface area contributed by atoms with Crippen molar-refractivity contribution in [3.8, 4) is 0 Å². The smallest absolute Gasteiger partial charge is 0.237 e. The molecule has 0 spiro atoms. The van der Waals surface area contributed by atoms with E-state index in [4.69, 9.17) is 0 Å². The van der Waals surface area contributed by atoms with E-state index in [-0.39, 0.29) is 11.9 Å². The number of imidazole rings is 1. The molecule has 1 aromatic heterocycles. The lowest BCUT2D eigenvalue weighted by atomic mass is 10.0. The predicted octanol–water partition coefficient (Wildman–Crippen LogP) is 2.03. The SMILES string of the molecule is CNC(=O)[C@@H]1CCCCN1Cc1cncn1Cc1ccccc1. The van der Waals surface area contributed by atoms with Gasteiger partial charge in [-0.25, -0.2) is 4.98 Å². The van der Waals surface area contributed by atoms with Gasteiger partial charge in [-0.2, -0.15) is 0 Å². The van der Waals surface area contributed by atoms with E-state index in [1.54, 1.807) is 7.05 Å². The van der Waals surface area contributed by atoms with Crippen molar-refractivity contribution in [3.05, 3.63) is 54.1 Å². The number of aromatic nitrogens is 2. The monoisotopic (exact) mass is 312 g/mol. The van der Waals surface area contributed by atoms with Gasteiger partial charge >= 0.3 is 0 Å². The third-order valence-corrected chi connectivity index (χ3v) is 4.52. The first-order valence-corrected chi connectivity index (χ1v) is 8.26. The second kappa shape index (κ2) is 7.42. The van der Waals surface area contributed by atoms with Gasteiger partial charge in [-0.3, -0.25) is 9.69 Å². The van der Waals surface area contributed by atoms with Gasteiger partial charge < -0.3 is 9.88 Å². The highest BCUT2D eigenvalue weighted by molar-refractivity contribution is 5.81. The minimum Gasteiger partial charge on any atom is -0.358 e. The lowest BCUT2D eigenvalue weighted by Gasteiger charge is -2.34. The van der Waals surface area contributed by atoms with Crippen molar-refractivity contribution in [1.82, 2.24) is 19.8 Å². The number of hydrogen-bond donors (Lipinski definition) is 1. The van der Waals surface area contributed by atoms with Crippen LogP contribution in [-0.2, 0) is 17.9 Å². The molecule has 3 rings (SSSR count). The zero-order valence-corrected chi connectivity index (χ0v) is 13.6. The van der Waals surface area contributed by atoms with Crippen molar-refractivity contribution in [2.45, 2.75) is 38.4 Å². The molecule has 1 aliphatic heterocycles. The van der Waals surface area contributed by atoms with E-state index in [0.717, 1.165) is 44.6 Å². The number of benzene rings is 1. The third kappa shape index (κ3) is 3.79. The molecule has 1 N–H and O–H groups in total. The van der Waals surface area contributed by atoms with Crippen LogP contribution in [0.4, 0.5) is 0 Å². The van der Waals surface area contributed by atoms with Crippen molar-refractivity contribution in [2.75, 3.05) is 13.6 Å². The summed E-state index contributed by atoms with van der Waals surface area (Å²) in [7, 11) is 1.72. The molecule has 1 aromatic carbocycles. The molecule has 2 heterocycles. The number of nitrogens with zero attached hydrogens (tertiary/aromatic N) is 3. The first-order chi connectivity index (χ1) is 11.3. The molecule has 1 atom stereocenters. The van der Waals surface area contributed by atoms with Crippen LogP contribution in [0.25, 0.3) is 0 Å². The Morgan fingerprint density at radius 3 is 2.87 bits per heavy atom. The molecular weight excluding hydrogens is 288 g/mol. The number of likely N-dealkylation sites (N-methyl/N-ethyl adjacent to an activating group) is 1. The number of rotatable bonds is 5. The zero-order chi connectivity index (χ0) is 16.1. The second-order valence-electron chi connectivity index (χ2n) is 6.09. The lowest BCUT2D eigenvalue weighted by Crippen LogP contribution is -2.48. The van der Waals surface area contributed by atoms with E-state index < -0.39 is 0 Å². The molecule has 0 radical (unpaired) electrons. The van der Waals surface area contributed by atoms with Crippen LogP contribution in [0.1, 0.15) is 30.5 Å². The van der Waals surface area contributed by atoms with Crippen LogP contribution in [0.2, 0.25) is 0 Å². The number of carbonyl (C=O) groups is 1. The van der Waals surface area contributed by atoms with Crippen LogP contribution < -0.4 is 5.32 Å². The van der Waals surface area contributed by atoms with Crippen LogP contribution in [0.3, 0.4) is 0 Å². The highest BCUT2D eigenvalue weighted by Crippen LogP contribution is 2.20. The van der Waals surface area contributed by atoms with Crippen molar-refractivity contribution < 1.29 is 4.79 Å². The Balaban J connectivity index is 1.72. The van der Waals surface area contributed by atoms with Gasteiger partial charge in [-0.1, -0.05) is 36.8 Å². The molecule has 0 bridgehead atoms. The van der Waals surface area contributed by atoms with Gasteiger partial charge in [-0.05, 0) is 24.9 Å². The molecule has 0 saturated carbocycles. The van der Waals surface area contributed by atoms with Gasteiger partial charge in [0.2, 0.25) is 5.91 Å². The molecule has 0 unspecified atom stereocenters. The van der Waals surface area contributed by atoms with E-state index in [1.807, 2.05) is 18.6 Å².